The van der Waals surface area contributed by atoms with Crippen LogP contribution in [0.5, 0.6) is 0 Å². The highest BCUT2D eigenvalue weighted by atomic mass is 35.5. The Kier molecular flexibility index (Phi) is 6.73. The minimum absolute atomic E-state index is 0.347. The minimum atomic E-state index is 0.347. The molecule has 1 N–H and O–H groups in total. The van der Waals surface area contributed by atoms with Crippen molar-refractivity contribution in [2.45, 2.75) is 39.3 Å². The fourth-order valence-corrected chi connectivity index (χ4v) is 2.33. The fourth-order valence-electron chi connectivity index (χ4n) is 2.18. The molecule has 6 nitrogen and oxygen atoms in total. The van der Waals surface area contributed by atoms with Crippen molar-refractivity contribution < 1.29 is 4.42 Å². The standard InChI is InChI=1S/C17H26ClN5O/c1-5-13(2)21-17(19-9-8-14-7-6-10-24-14)22(3)12-16-20-11-15(18)23(16)4/h6-7,10-11,13H,5,8-9,12H2,1-4H3,(H,19,21). The summed E-state index contributed by atoms with van der Waals surface area (Å²) < 4.78 is 7.24. The predicted molar refractivity (Wildman–Crippen MR) is 97.3 cm³/mol. The second-order valence-corrected chi connectivity index (χ2v) is 6.29. The van der Waals surface area contributed by atoms with Gasteiger partial charge in [-0.3, -0.25) is 4.99 Å². The highest BCUT2D eigenvalue weighted by molar-refractivity contribution is 6.29. The quantitative estimate of drug-likeness (QED) is 0.615. The number of hydrogen-bond acceptors (Lipinski definition) is 3. The van der Waals surface area contributed by atoms with E-state index in [-0.39, 0.29) is 0 Å². The molecule has 0 saturated heterocycles. The molecular weight excluding hydrogens is 326 g/mol. The number of furan rings is 1. The maximum absolute atomic E-state index is 6.07. The summed E-state index contributed by atoms with van der Waals surface area (Å²) in [6, 6.07) is 4.21. The van der Waals surface area contributed by atoms with E-state index in [0.717, 1.165) is 30.4 Å². The van der Waals surface area contributed by atoms with Crippen LogP contribution in [-0.2, 0) is 20.0 Å². The number of aliphatic imine (C=N–C) groups is 1. The third-order valence-corrected chi connectivity index (χ3v) is 4.31. The summed E-state index contributed by atoms with van der Waals surface area (Å²) in [6.45, 7) is 5.59. The van der Waals surface area contributed by atoms with Crippen LogP contribution in [0.15, 0.2) is 34.0 Å². The van der Waals surface area contributed by atoms with Crippen LogP contribution in [0.1, 0.15) is 31.9 Å². The molecule has 0 amide bonds. The Morgan fingerprint density at radius 3 is 2.92 bits per heavy atom. The molecular formula is C17H26ClN5O. The fraction of sp³-hybridized carbons (Fsp3) is 0.529. The van der Waals surface area contributed by atoms with Crippen molar-refractivity contribution in [3.8, 4) is 0 Å². The first kappa shape index (κ1) is 18.4. The average molecular weight is 352 g/mol. The zero-order valence-electron chi connectivity index (χ0n) is 14.8. The van der Waals surface area contributed by atoms with E-state index in [4.69, 9.17) is 21.0 Å². The molecule has 2 aromatic rings. The van der Waals surface area contributed by atoms with E-state index in [1.54, 1.807) is 12.5 Å². The maximum Gasteiger partial charge on any atom is 0.194 e. The van der Waals surface area contributed by atoms with Gasteiger partial charge in [0, 0.05) is 33.1 Å². The van der Waals surface area contributed by atoms with E-state index in [0.29, 0.717) is 24.3 Å². The second kappa shape index (κ2) is 8.78. The van der Waals surface area contributed by atoms with E-state index in [2.05, 4.69) is 29.0 Å². The van der Waals surface area contributed by atoms with Gasteiger partial charge in [-0.05, 0) is 25.5 Å². The molecule has 24 heavy (non-hydrogen) atoms. The van der Waals surface area contributed by atoms with Crippen molar-refractivity contribution in [1.82, 2.24) is 19.8 Å². The van der Waals surface area contributed by atoms with Crippen molar-refractivity contribution in [3.63, 3.8) is 0 Å². The van der Waals surface area contributed by atoms with Crippen LogP contribution < -0.4 is 5.32 Å². The first-order valence-corrected chi connectivity index (χ1v) is 8.59. The Balaban J connectivity index is 2.04. The molecule has 0 aliphatic rings. The summed E-state index contributed by atoms with van der Waals surface area (Å²) in [6.07, 6.45) is 5.16. The third-order valence-electron chi connectivity index (χ3n) is 3.96. The van der Waals surface area contributed by atoms with E-state index in [1.807, 2.05) is 30.8 Å². The van der Waals surface area contributed by atoms with E-state index >= 15 is 0 Å². The van der Waals surface area contributed by atoms with Gasteiger partial charge in [0.25, 0.3) is 0 Å². The Bertz CT molecular complexity index is 650. The van der Waals surface area contributed by atoms with Crippen molar-refractivity contribution >= 4 is 17.6 Å². The molecule has 7 heteroatoms. The van der Waals surface area contributed by atoms with Gasteiger partial charge < -0.3 is 19.2 Å². The van der Waals surface area contributed by atoms with Gasteiger partial charge in [0.1, 0.15) is 16.7 Å². The third kappa shape index (κ3) is 5.03. The molecule has 0 radical (unpaired) electrons. The maximum atomic E-state index is 6.07. The Morgan fingerprint density at radius 1 is 1.54 bits per heavy atom. The Hall–Kier alpha value is -1.95. The van der Waals surface area contributed by atoms with Crippen molar-refractivity contribution in [2.75, 3.05) is 13.6 Å². The molecule has 132 valence electrons. The molecule has 0 aliphatic heterocycles. The van der Waals surface area contributed by atoms with Crippen LogP contribution >= 0.6 is 11.6 Å². The van der Waals surface area contributed by atoms with Gasteiger partial charge in [0.05, 0.1) is 19.0 Å². The van der Waals surface area contributed by atoms with Crippen LogP contribution in [0.3, 0.4) is 0 Å². The van der Waals surface area contributed by atoms with Crippen molar-refractivity contribution in [2.24, 2.45) is 12.0 Å². The number of guanidine groups is 1. The van der Waals surface area contributed by atoms with Gasteiger partial charge in [0.2, 0.25) is 0 Å². The van der Waals surface area contributed by atoms with Crippen LogP contribution in [-0.4, -0.2) is 40.0 Å². The Morgan fingerprint density at radius 2 is 2.33 bits per heavy atom. The normalized spacial score (nSPS) is 13.1. The summed E-state index contributed by atoms with van der Waals surface area (Å²) in [5.41, 5.74) is 0. The number of imidazole rings is 1. The summed E-state index contributed by atoms with van der Waals surface area (Å²) in [5, 5.41) is 4.10. The Labute approximate surface area is 148 Å². The lowest BCUT2D eigenvalue weighted by Crippen LogP contribution is -2.43. The molecule has 0 bridgehead atoms. The van der Waals surface area contributed by atoms with E-state index < -0.39 is 0 Å². The molecule has 0 aromatic carbocycles. The summed E-state index contributed by atoms with van der Waals surface area (Å²) in [7, 11) is 3.91. The largest absolute Gasteiger partial charge is 0.469 e. The van der Waals surface area contributed by atoms with Gasteiger partial charge in [-0.1, -0.05) is 18.5 Å². The minimum Gasteiger partial charge on any atom is -0.469 e. The number of halogens is 1. The predicted octanol–water partition coefficient (Wildman–Crippen LogP) is 3.09. The zero-order valence-corrected chi connectivity index (χ0v) is 15.5. The molecule has 2 aromatic heterocycles. The van der Waals surface area contributed by atoms with Crippen LogP contribution in [0.25, 0.3) is 0 Å². The topological polar surface area (TPSA) is 58.6 Å². The monoisotopic (exact) mass is 351 g/mol. The molecule has 2 heterocycles. The average Bonchev–Trinajstić information content (AvgIpc) is 3.19. The first-order valence-electron chi connectivity index (χ1n) is 8.21. The van der Waals surface area contributed by atoms with Crippen molar-refractivity contribution in [3.05, 3.63) is 41.3 Å². The molecule has 1 unspecified atom stereocenters. The van der Waals surface area contributed by atoms with E-state index in [9.17, 15) is 0 Å². The van der Waals surface area contributed by atoms with Gasteiger partial charge >= 0.3 is 0 Å². The molecule has 1 atom stereocenters. The lowest BCUT2D eigenvalue weighted by atomic mass is 10.3. The number of nitrogens with zero attached hydrogens (tertiary/aromatic N) is 4. The smallest absolute Gasteiger partial charge is 0.194 e. The number of nitrogens with one attached hydrogen (secondary N) is 1. The summed E-state index contributed by atoms with van der Waals surface area (Å²) in [5.74, 6) is 2.70. The summed E-state index contributed by atoms with van der Waals surface area (Å²) >= 11 is 6.07. The lowest BCUT2D eigenvalue weighted by molar-refractivity contribution is 0.439. The lowest BCUT2D eigenvalue weighted by Gasteiger charge is -2.25. The molecule has 0 saturated carbocycles. The van der Waals surface area contributed by atoms with E-state index in [1.165, 1.54) is 0 Å². The molecule has 0 aliphatic carbocycles. The SMILES string of the molecule is CCC(C)NC(=NCCc1ccco1)N(C)Cc1ncc(Cl)n1C. The van der Waals surface area contributed by atoms with Crippen LogP contribution in [0, 0.1) is 0 Å². The zero-order chi connectivity index (χ0) is 17.5. The number of hydrogen-bond donors (Lipinski definition) is 1. The number of aromatic nitrogens is 2. The molecule has 0 fully saturated rings. The van der Waals surface area contributed by atoms with Gasteiger partial charge in [0.15, 0.2) is 5.96 Å². The molecule has 2 rings (SSSR count). The second-order valence-electron chi connectivity index (χ2n) is 5.90. The van der Waals surface area contributed by atoms with Gasteiger partial charge in [-0.2, -0.15) is 0 Å². The highest BCUT2D eigenvalue weighted by Gasteiger charge is 2.13. The van der Waals surface area contributed by atoms with Gasteiger partial charge in [-0.15, -0.1) is 0 Å². The first-order chi connectivity index (χ1) is 11.5. The van der Waals surface area contributed by atoms with Crippen LogP contribution in [0.4, 0.5) is 0 Å². The highest BCUT2D eigenvalue weighted by Crippen LogP contribution is 2.11. The van der Waals surface area contributed by atoms with Gasteiger partial charge in [-0.25, -0.2) is 4.98 Å². The van der Waals surface area contributed by atoms with Crippen molar-refractivity contribution in [1.29, 1.82) is 0 Å². The number of rotatable bonds is 7. The molecule has 0 spiro atoms. The summed E-state index contributed by atoms with van der Waals surface area (Å²) in [4.78, 5) is 11.1. The van der Waals surface area contributed by atoms with Crippen LogP contribution in [0.2, 0.25) is 5.15 Å².